The number of aromatic nitrogens is 2. The van der Waals surface area contributed by atoms with Gasteiger partial charge in [0.15, 0.2) is 0 Å². The summed E-state index contributed by atoms with van der Waals surface area (Å²) in [6.45, 7) is 0. The zero-order chi connectivity index (χ0) is 15.8. The molecule has 0 radical (unpaired) electrons. The third-order valence-corrected chi connectivity index (χ3v) is 4.03. The number of halogens is 1. The minimum absolute atomic E-state index is 0.152. The van der Waals surface area contributed by atoms with Crippen molar-refractivity contribution in [2.24, 2.45) is 0 Å². The Balaban J connectivity index is 1.74. The Labute approximate surface area is 137 Å². The first-order valence-electron chi connectivity index (χ1n) is 7.19. The van der Waals surface area contributed by atoms with E-state index in [1.807, 2.05) is 42.5 Å². The minimum Gasteiger partial charge on any atom is -0.345 e. The van der Waals surface area contributed by atoms with Crippen molar-refractivity contribution in [1.82, 2.24) is 15.1 Å². The number of benzene rings is 2. The van der Waals surface area contributed by atoms with E-state index < -0.39 is 0 Å². The second kappa shape index (κ2) is 5.44. The zero-order valence-corrected chi connectivity index (χ0v) is 12.8. The first-order valence-corrected chi connectivity index (χ1v) is 7.56. The third-order valence-electron chi connectivity index (χ3n) is 3.77. The SMILES string of the molecule is O=C1N[C@H](c2ccc(Cl)cc2)Nc2c1cnn2-c1ccccc1. The highest BCUT2D eigenvalue weighted by Crippen LogP contribution is 2.29. The summed E-state index contributed by atoms with van der Waals surface area (Å²) in [5, 5.41) is 11.3. The molecule has 0 aliphatic carbocycles. The number of hydrogen-bond donors (Lipinski definition) is 2. The lowest BCUT2D eigenvalue weighted by molar-refractivity contribution is 0.0935. The maximum absolute atomic E-state index is 12.4. The maximum Gasteiger partial charge on any atom is 0.258 e. The van der Waals surface area contributed by atoms with Crippen LogP contribution in [0.4, 0.5) is 5.82 Å². The molecule has 6 heteroatoms. The summed E-state index contributed by atoms with van der Waals surface area (Å²) in [5.41, 5.74) is 2.35. The van der Waals surface area contributed by atoms with Crippen LogP contribution in [0.5, 0.6) is 0 Å². The number of amides is 1. The molecule has 1 atom stereocenters. The predicted molar refractivity (Wildman–Crippen MR) is 88.8 cm³/mol. The van der Waals surface area contributed by atoms with Gasteiger partial charge in [0.1, 0.15) is 17.5 Å². The molecule has 0 unspecified atom stereocenters. The standard InChI is InChI=1S/C17H13ClN4O/c18-12-8-6-11(7-9-12)15-20-16-14(17(23)21-15)10-19-22(16)13-4-2-1-3-5-13/h1-10,15,20H,(H,21,23)/t15-/m1/s1. The van der Waals surface area contributed by atoms with Gasteiger partial charge in [-0.25, -0.2) is 4.68 Å². The Morgan fingerprint density at radius 3 is 2.48 bits per heavy atom. The van der Waals surface area contributed by atoms with Crippen molar-refractivity contribution in [1.29, 1.82) is 0 Å². The highest BCUT2D eigenvalue weighted by molar-refractivity contribution is 6.30. The van der Waals surface area contributed by atoms with E-state index in [9.17, 15) is 4.79 Å². The summed E-state index contributed by atoms with van der Waals surface area (Å²) < 4.78 is 1.73. The molecule has 0 spiro atoms. The van der Waals surface area contributed by atoms with Gasteiger partial charge >= 0.3 is 0 Å². The fourth-order valence-electron chi connectivity index (χ4n) is 2.62. The molecule has 1 amide bonds. The Kier molecular flexibility index (Phi) is 3.28. The molecule has 1 aromatic heterocycles. The minimum atomic E-state index is -0.327. The lowest BCUT2D eigenvalue weighted by Gasteiger charge is -2.27. The Morgan fingerprint density at radius 2 is 1.74 bits per heavy atom. The van der Waals surface area contributed by atoms with Crippen molar-refractivity contribution in [2.75, 3.05) is 5.32 Å². The van der Waals surface area contributed by atoms with Crippen LogP contribution >= 0.6 is 11.6 Å². The predicted octanol–water partition coefficient (Wildman–Crippen LogP) is 3.38. The number of carbonyl (C=O) groups is 1. The van der Waals surface area contributed by atoms with Gasteiger partial charge in [-0.05, 0) is 29.8 Å². The number of fused-ring (bicyclic) bond motifs is 1. The molecular weight excluding hydrogens is 312 g/mol. The van der Waals surface area contributed by atoms with Gasteiger partial charge < -0.3 is 10.6 Å². The molecule has 1 aliphatic heterocycles. The average molecular weight is 325 g/mol. The largest absolute Gasteiger partial charge is 0.345 e. The third kappa shape index (κ3) is 2.45. The number of nitrogens with one attached hydrogen (secondary N) is 2. The van der Waals surface area contributed by atoms with Crippen LogP contribution in [-0.4, -0.2) is 15.7 Å². The summed E-state index contributed by atoms with van der Waals surface area (Å²) >= 11 is 5.93. The van der Waals surface area contributed by atoms with E-state index in [1.54, 1.807) is 23.0 Å². The van der Waals surface area contributed by atoms with Crippen molar-refractivity contribution >= 4 is 23.3 Å². The molecule has 0 fully saturated rings. The smallest absolute Gasteiger partial charge is 0.258 e. The van der Waals surface area contributed by atoms with Crippen LogP contribution in [0.2, 0.25) is 5.02 Å². The molecule has 0 saturated heterocycles. The first-order chi connectivity index (χ1) is 11.2. The van der Waals surface area contributed by atoms with Crippen LogP contribution in [0, 0.1) is 0 Å². The number of nitrogens with zero attached hydrogens (tertiary/aromatic N) is 2. The van der Waals surface area contributed by atoms with E-state index in [-0.39, 0.29) is 12.1 Å². The van der Waals surface area contributed by atoms with Gasteiger partial charge in [0.25, 0.3) is 5.91 Å². The fraction of sp³-hybridized carbons (Fsp3) is 0.0588. The quantitative estimate of drug-likeness (QED) is 0.759. The molecule has 5 nitrogen and oxygen atoms in total. The van der Waals surface area contributed by atoms with Crippen LogP contribution in [0.3, 0.4) is 0 Å². The Hall–Kier alpha value is -2.79. The summed E-state index contributed by atoms with van der Waals surface area (Å²) in [5.74, 6) is 0.529. The van der Waals surface area contributed by atoms with Crippen LogP contribution in [0.25, 0.3) is 5.69 Å². The van der Waals surface area contributed by atoms with Crippen molar-refractivity contribution in [3.8, 4) is 5.69 Å². The van der Waals surface area contributed by atoms with Crippen LogP contribution in [0.1, 0.15) is 22.1 Å². The summed E-state index contributed by atoms with van der Waals surface area (Å²) in [6, 6.07) is 17.1. The van der Waals surface area contributed by atoms with Gasteiger partial charge in [0, 0.05) is 5.02 Å². The molecule has 23 heavy (non-hydrogen) atoms. The zero-order valence-electron chi connectivity index (χ0n) is 12.0. The van der Waals surface area contributed by atoms with Crippen LogP contribution in [-0.2, 0) is 0 Å². The normalized spacial score (nSPS) is 16.4. The van der Waals surface area contributed by atoms with Crippen molar-refractivity contribution < 1.29 is 4.79 Å². The van der Waals surface area contributed by atoms with E-state index in [0.29, 0.717) is 16.4 Å². The molecule has 2 heterocycles. The van der Waals surface area contributed by atoms with Gasteiger partial charge in [-0.15, -0.1) is 0 Å². The lowest BCUT2D eigenvalue weighted by Crippen LogP contribution is -2.38. The molecular formula is C17H13ClN4O. The van der Waals surface area contributed by atoms with E-state index in [4.69, 9.17) is 11.6 Å². The molecule has 114 valence electrons. The number of anilines is 1. The molecule has 4 rings (SSSR count). The molecule has 2 N–H and O–H groups in total. The fourth-order valence-corrected chi connectivity index (χ4v) is 2.75. The molecule has 0 bridgehead atoms. The maximum atomic E-state index is 12.4. The Bertz CT molecular complexity index is 858. The monoisotopic (exact) mass is 324 g/mol. The van der Waals surface area contributed by atoms with Gasteiger partial charge in [-0.3, -0.25) is 4.79 Å². The molecule has 2 aromatic carbocycles. The number of para-hydroxylation sites is 1. The van der Waals surface area contributed by atoms with E-state index in [1.165, 1.54) is 0 Å². The number of carbonyl (C=O) groups excluding carboxylic acids is 1. The molecule has 0 saturated carbocycles. The summed E-state index contributed by atoms with van der Waals surface area (Å²) in [6.07, 6.45) is 1.24. The highest BCUT2D eigenvalue weighted by atomic mass is 35.5. The van der Waals surface area contributed by atoms with E-state index >= 15 is 0 Å². The van der Waals surface area contributed by atoms with E-state index in [0.717, 1.165) is 11.3 Å². The van der Waals surface area contributed by atoms with Gasteiger partial charge in [0.2, 0.25) is 0 Å². The average Bonchev–Trinajstić information content (AvgIpc) is 3.01. The molecule has 1 aliphatic rings. The van der Waals surface area contributed by atoms with Crippen molar-refractivity contribution in [3.05, 3.63) is 76.9 Å². The first kappa shape index (κ1) is 13.8. The number of rotatable bonds is 2. The van der Waals surface area contributed by atoms with Gasteiger partial charge in [-0.2, -0.15) is 5.10 Å². The summed E-state index contributed by atoms with van der Waals surface area (Å²) in [4.78, 5) is 12.4. The van der Waals surface area contributed by atoms with Crippen LogP contribution < -0.4 is 10.6 Å². The second-order valence-electron chi connectivity index (χ2n) is 5.26. The number of hydrogen-bond acceptors (Lipinski definition) is 3. The topological polar surface area (TPSA) is 59.0 Å². The molecule has 3 aromatic rings. The summed E-state index contributed by atoms with van der Waals surface area (Å²) in [7, 11) is 0. The van der Waals surface area contributed by atoms with Gasteiger partial charge in [0.05, 0.1) is 11.9 Å². The van der Waals surface area contributed by atoms with Crippen molar-refractivity contribution in [2.45, 2.75) is 6.17 Å². The van der Waals surface area contributed by atoms with Crippen molar-refractivity contribution in [3.63, 3.8) is 0 Å². The Morgan fingerprint density at radius 1 is 1.00 bits per heavy atom. The second-order valence-corrected chi connectivity index (χ2v) is 5.69. The van der Waals surface area contributed by atoms with Gasteiger partial charge in [-0.1, -0.05) is 41.9 Å². The highest BCUT2D eigenvalue weighted by Gasteiger charge is 2.28. The lowest BCUT2D eigenvalue weighted by atomic mass is 10.1. The van der Waals surface area contributed by atoms with Crippen LogP contribution in [0.15, 0.2) is 60.8 Å². The van der Waals surface area contributed by atoms with E-state index in [2.05, 4.69) is 15.7 Å².